The molecule has 0 bridgehead atoms. The lowest BCUT2D eigenvalue weighted by atomic mass is 10.2. The number of para-hydroxylation sites is 1. The summed E-state index contributed by atoms with van der Waals surface area (Å²) in [5, 5.41) is 9.64. The Kier molecular flexibility index (Phi) is 6.56. The fourth-order valence-electron chi connectivity index (χ4n) is 3.24. The van der Waals surface area contributed by atoms with Crippen molar-refractivity contribution in [2.45, 2.75) is 25.1 Å². The van der Waals surface area contributed by atoms with Crippen LogP contribution in [0, 0.1) is 5.92 Å². The fraction of sp³-hybridized carbons (Fsp3) is 0.579. The SMILES string of the molecule is COc1ccccc1-c1nnc(SC[C@H]2CN(CC(C)C)CCO2)n1C. The van der Waals surface area contributed by atoms with Crippen molar-refractivity contribution in [2.75, 3.05) is 39.1 Å². The zero-order valence-corrected chi connectivity index (χ0v) is 16.8. The maximum atomic E-state index is 5.94. The van der Waals surface area contributed by atoms with Crippen molar-refractivity contribution in [3.05, 3.63) is 24.3 Å². The fourth-order valence-corrected chi connectivity index (χ4v) is 4.15. The number of ether oxygens (including phenoxy) is 2. The number of methoxy groups -OCH3 is 1. The molecule has 0 aliphatic carbocycles. The van der Waals surface area contributed by atoms with Crippen molar-refractivity contribution >= 4 is 11.8 Å². The van der Waals surface area contributed by atoms with E-state index in [1.165, 1.54) is 0 Å². The number of rotatable bonds is 7. The van der Waals surface area contributed by atoms with Crippen molar-refractivity contribution in [3.8, 4) is 17.1 Å². The van der Waals surface area contributed by atoms with Crippen molar-refractivity contribution in [1.82, 2.24) is 19.7 Å². The predicted octanol–water partition coefficient (Wildman–Crippen LogP) is 2.94. The highest BCUT2D eigenvalue weighted by molar-refractivity contribution is 7.99. The molecule has 1 fully saturated rings. The number of morpholine rings is 1. The monoisotopic (exact) mass is 376 g/mol. The van der Waals surface area contributed by atoms with Crippen LogP contribution < -0.4 is 4.74 Å². The van der Waals surface area contributed by atoms with E-state index < -0.39 is 0 Å². The van der Waals surface area contributed by atoms with E-state index in [9.17, 15) is 0 Å². The van der Waals surface area contributed by atoms with Crippen LogP contribution in [0.15, 0.2) is 29.4 Å². The summed E-state index contributed by atoms with van der Waals surface area (Å²) in [6, 6.07) is 7.89. The van der Waals surface area contributed by atoms with Gasteiger partial charge in [0.1, 0.15) is 5.75 Å². The molecule has 0 N–H and O–H groups in total. The Hall–Kier alpha value is -1.57. The van der Waals surface area contributed by atoms with Gasteiger partial charge in [0.2, 0.25) is 0 Å². The van der Waals surface area contributed by atoms with E-state index in [2.05, 4.69) is 28.9 Å². The van der Waals surface area contributed by atoms with E-state index >= 15 is 0 Å². The van der Waals surface area contributed by atoms with Crippen LogP contribution in [0.2, 0.25) is 0 Å². The van der Waals surface area contributed by atoms with Crippen LogP contribution in [0.25, 0.3) is 11.4 Å². The van der Waals surface area contributed by atoms with Crippen molar-refractivity contribution < 1.29 is 9.47 Å². The quantitative estimate of drug-likeness (QED) is 0.693. The van der Waals surface area contributed by atoms with E-state index in [1.807, 2.05) is 35.9 Å². The Morgan fingerprint density at radius 2 is 2.12 bits per heavy atom. The highest BCUT2D eigenvalue weighted by atomic mass is 32.2. The van der Waals surface area contributed by atoms with Gasteiger partial charge in [-0.05, 0) is 18.1 Å². The predicted molar refractivity (Wildman–Crippen MR) is 105 cm³/mol. The second-order valence-electron chi connectivity index (χ2n) is 7.02. The number of hydrogen-bond donors (Lipinski definition) is 0. The molecule has 1 aliphatic heterocycles. The molecule has 0 unspecified atom stereocenters. The number of aromatic nitrogens is 3. The minimum absolute atomic E-state index is 0.235. The molecule has 7 heteroatoms. The van der Waals surface area contributed by atoms with Crippen LogP contribution in [0.3, 0.4) is 0 Å². The Balaban J connectivity index is 1.64. The Morgan fingerprint density at radius 3 is 2.88 bits per heavy atom. The van der Waals surface area contributed by atoms with Gasteiger partial charge in [0, 0.05) is 32.4 Å². The van der Waals surface area contributed by atoms with Crippen LogP contribution in [0.1, 0.15) is 13.8 Å². The molecule has 0 radical (unpaired) electrons. The maximum absolute atomic E-state index is 5.94. The maximum Gasteiger partial charge on any atom is 0.191 e. The van der Waals surface area contributed by atoms with Gasteiger partial charge in [-0.3, -0.25) is 4.90 Å². The standard InChI is InChI=1S/C19H28N4O2S/c1-14(2)11-23-9-10-25-15(12-23)13-26-19-21-20-18(22(19)3)16-7-5-6-8-17(16)24-4/h5-8,14-15H,9-13H2,1-4H3/t15-/m1/s1. The molecule has 1 aliphatic rings. The normalized spacial score (nSPS) is 18.4. The molecule has 0 amide bonds. The Bertz CT molecular complexity index is 719. The molecule has 26 heavy (non-hydrogen) atoms. The summed E-state index contributed by atoms with van der Waals surface area (Å²) < 4.78 is 13.4. The van der Waals surface area contributed by atoms with E-state index in [1.54, 1.807) is 18.9 Å². The van der Waals surface area contributed by atoms with E-state index in [4.69, 9.17) is 9.47 Å². The van der Waals surface area contributed by atoms with Gasteiger partial charge < -0.3 is 14.0 Å². The Labute approximate surface area is 159 Å². The molecule has 3 rings (SSSR count). The molecular weight excluding hydrogens is 348 g/mol. The molecule has 6 nitrogen and oxygen atoms in total. The van der Waals surface area contributed by atoms with Crippen LogP contribution in [0.5, 0.6) is 5.75 Å². The number of benzene rings is 1. The van der Waals surface area contributed by atoms with Gasteiger partial charge in [-0.1, -0.05) is 37.7 Å². The van der Waals surface area contributed by atoms with Gasteiger partial charge in [-0.2, -0.15) is 0 Å². The third-order valence-electron chi connectivity index (χ3n) is 4.43. The molecule has 1 aromatic heterocycles. The van der Waals surface area contributed by atoms with Crippen LogP contribution in [-0.2, 0) is 11.8 Å². The lowest BCUT2D eigenvalue weighted by molar-refractivity contribution is -0.0191. The summed E-state index contributed by atoms with van der Waals surface area (Å²) in [5.41, 5.74) is 0.953. The topological polar surface area (TPSA) is 52.4 Å². The molecule has 1 aromatic carbocycles. The summed E-state index contributed by atoms with van der Waals surface area (Å²) in [5.74, 6) is 3.19. The minimum Gasteiger partial charge on any atom is -0.496 e. The average Bonchev–Trinajstić information content (AvgIpc) is 3.00. The largest absolute Gasteiger partial charge is 0.496 e. The zero-order chi connectivity index (χ0) is 18.5. The van der Waals surface area contributed by atoms with E-state index in [0.717, 1.165) is 54.3 Å². The van der Waals surface area contributed by atoms with Gasteiger partial charge in [-0.25, -0.2) is 0 Å². The van der Waals surface area contributed by atoms with Gasteiger partial charge in [0.25, 0.3) is 0 Å². The smallest absolute Gasteiger partial charge is 0.191 e. The highest BCUT2D eigenvalue weighted by Crippen LogP contribution is 2.30. The lowest BCUT2D eigenvalue weighted by Crippen LogP contribution is -2.44. The van der Waals surface area contributed by atoms with Crippen molar-refractivity contribution in [2.24, 2.45) is 13.0 Å². The van der Waals surface area contributed by atoms with Gasteiger partial charge in [0.15, 0.2) is 11.0 Å². The molecule has 2 aromatic rings. The molecule has 2 heterocycles. The molecule has 0 spiro atoms. The summed E-state index contributed by atoms with van der Waals surface area (Å²) in [4.78, 5) is 2.50. The number of nitrogens with zero attached hydrogens (tertiary/aromatic N) is 4. The van der Waals surface area contributed by atoms with Crippen LogP contribution in [-0.4, -0.2) is 64.9 Å². The second kappa shape index (κ2) is 8.88. The summed E-state index contributed by atoms with van der Waals surface area (Å²) in [6.45, 7) is 8.48. The van der Waals surface area contributed by atoms with Crippen LogP contribution in [0.4, 0.5) is 0 Å². The van der Waals surface area contributed by atoms with Crippen LogP contribution >= 0.6 is 11.8 Å². The molecule has 0 saturated carbocycles. The Morgan fingerprint density at radius 1 is 1.31 bits per heavy atom. The third-order valence-corrected chi connectivity index (χ3v) is 5.58. The number of hydrogen-bond acceptors (Lipinski definition) is 6. The first-order valence-corrected chi connectivity index (χ1v) is 10.1. The van der Waals surface area contributed by atoms with Gasteiger partial charge >= 0.3 is 0 Å². The zero-order valence-electron chi connectivity index (χ0n) is 16.0. The molecule has 1 atom stereocenters. The lowest BCUT2D eigenvalue weighted by Gasteiger charge is -2.33. The molecular formula is C19H28N4O2S. The minimum atomic E-state index is 0.235. The van der Waals surface area contributed by atoms with Crippen molar-refractivity contribution in [1.29, 1.82) is 0 Å². The summed E-state index contributed by atoms with van der Waals surface area (Å²) in [6.07, 6.45) is 0.235. The first kappa shape index (κ1) is 19.2. The summed E-state index contributed by atoms with van der Waals surface area (Å²) >= 11 is 1.70. The van der Waals surface area contributed by atoms with E-state index in [-0.39, 0.29) is 6.10 Å². The van der Waals surface area contributed by atoms with Crippen molar-refractivity contribution in [3.63, 3.8) is 0 Å². The second-order valence-corrected chi connectivity index (χ2v) is 8.01. The first-order chi connectivity index (χ1) is 12.6. The molecule has 142 valence electrons. The third kappa shape index (κ3) is 4.58. The summed E-state index contributed by atoms with van der Waals surface area (Å²) in [7, 11) is 3.67. The van der Waals surface area contributed by atoms with Gasteiger partial charge in [0.05, 0.1) is 25.4 Å². The van der Waals surface area contributed by atoms with Gasteiger partial charge in [-0.15, -0.1) is 10.2 Å². The highest BCUT2D eigenvalue weighted by Gasteiger charge is 2.22. The first-order valence-electron chi connectivity index (χ1n) is 9.08. The molecule has 1 saturated heterocycles. The van der Waals surface area contributed by atoms with E-state index in [0.29, 0.717) is 5.92 Å². The number of thioether (sulfide) groups is 1. The average molecular weight is 377 g/mol.